The van der Waals surface area contributed by atoms with Crippen LogP contribution in [0.5, 0.6) is 0 Å². The van der Waals surface area contributed by atoms with Crippen molar-refractivity contribution < 1.29 is 9.72 Å². The Morgan fingerprint density at radius 1 is 1.48 bits per heavy atom. The first-order chi connectivity index (χ1) is 9.90. The number of hydrogen-bond acceptors (Lipinski definition) is 4. The van der Waals surface area contributed by atoms with Crippen LogP contribution in [0, 0.1) is 17.0 Å². The Morgan fingerprint density at radius 2 is 2.19 bits per heavy atom. The van der Waals surface area contributed by atoms with Gasteiger partial charge in [-0.05, 0) is 45.9 Å². The van der Waals surface area contributed by atoms with Crippen LogP contribution in [-0.2, 0) is 6.54 Å². The Labute approximate surface area is 134 Å². The van der Waals surface area contributed by atoms with Crippen molar-refractivity contribution in [1.29, 1.82) is 0 Å². The molecule has 0 unspecified atom stereocenters. The summed E-state index contributed by atoms with van der Waals surface area (Å²) in [6.07, 6.45) is 0. The highest BCUT2D eigenvalue weighted by Crippen LogP contribution is 2.24. The van der Waals surface area contributed by atoms with Crippen molar-refractivity contribution in [3.63, 3.8) is 0 Å². The lowest BCUT2D eigenvalue weighted by atomic mass is 10.1. The molecule has 0 radical (unpaired) electrons. The minimum Gasteiger partial charge on any atom is -0.337 e. The highest BCUT2D eigenvalue weighted by Gasteiger charge is 2.20. The van der Waals surface area contributed by atoms with Gasteiger partial charge in [0.05, 0.1) is 8.71 Å². The van der Waals surface area contributed by atoms with Crippen LogP contribution in [0.4, 0.5) is 5.69 Å². The zero-order valence-electron chi connectivity index (χ0n) is 11.5. The van der Waals surface area contributed by atoms with E-state index in [9.17, 15) is 14.9 Å². The van der Waals surface area contributed by atoms with Crippen LogP contribution in [0.15, 0.2) is 33.4 Å². The van der Waals surface area contributed by atoms with Crippen molar-refractivity contribution in [3.05, 3.63) is 60.2 Å². The van der Waals surface area contributed by atoms with E-state index in [1.54, 1.807) is 36.3 Å². The summed E-state index contributed by atoms with van der Waals surface area (Å²) in [6.45, 7) is 2.06. The average Bonchev–Trinajstić information content (AvgIpc) is 2.83. The van der Waals surface area contributed by atoms with Gasteiger partial charge in [-0.1, -0.05) is 6.07 Å². The third-order valence-electron chi connectivity index (χ3n) is 3.12. The summed E-state index contributed by atoms with van der Waals surface area (Å²) in [5.41, 5.74) is 1.74. The number of benzene rings is 1. The molecule has 2 rings (SSSR count). The molecule has 0 aliphatic carbocycles. The molecule has 0 fully saturated rings. The third-order valence-corrected chi connectivity index (χ3v) is 4.67. The number of halogens is 1. The van der Waals surface area contributed by atoms with Gasteiger partial charge in [-0.2, -0.15) is 0 Å². The highest BCUT2D eigenvalue weighted by molar-refractivity contribution is 9.11. The molecule has 0 saturated heterocycles. The molecule has 1 aromatic carbocycles. The van der Waals surface area contributed by atoms with Crippen molar-refractivity contribution in [1.82, 2.24) is 4.90 Å². The van der Waals surface area contributed by atoms with E-state index in [1.165, 1.54) is 12.1 Å². The van der Waals surface area contributed by atoms with E-state index < -0.39 is 4.92 Å². The Kier molecular flexibility index (Phi) is 4.74. The molecule has 1 heterocycles. The standard InChI is InChI=1S/C14H13BrN2O3S/c1-9-11(4-3-5-12(9)17(19)20)14(18)16(2)7-10-6-13(15)21-8-10/h3-6,8H,7H2,1-2H3. The molecule has 0 atom stereocenters. The normalized spacial score (nSPS) is 10.4. The molecular formula is C14H13BrN2O3S. The van der Waals surface area contributed by atoms with Crippen LogP contribution in [0.3, 0.4) is 0 Å². The van der Waals surface area contributed by atoms with E-state index in [0.717, 1.165) is 9.35 Å². The summed E-state index contributed by atoms with van der Waals surface area (Å²) >= 11 is 4.93. The summed E-state index contributed by atoms with van der Waals surface area (Å²) in [6, 6.07) is 6.51. The number of carbonyl (C=O) groups excluding carboxylic acids is 1. The minimum absolute atomic E-state index is 0.0347. The lowest BCUT2D eigenvalue weighted by Crippen LogP contribution is -2.26. The Hall–Kier alpha value is -1.73. The van der Waals surface area contributed by atoms with Crippen LogP contribution in [-0.4, -0.2) is 22.8 Å². The number of carbonyl (C=O) groups is 1. The molecule has 2 aromatic rings. The van der Waals surface area contributed by atoms with Crippen molar-refractivity contribution >= 4 is 38.9 Å². The molecule has 0 aliphatic rings. The SMILES string of the molecule is Cc1c(C(=O)N(C)Cc2csc(Br)c2)cccc1[N+](=O)[O-]. The summed E-state index contributed by atoms with van der Waals surface area (Å²) in [4.78, 5) is 24.5. The predicted octanol–water partition coefficient (Wildman–Crippen LogP) is 4.00. The summed E-state index contributed by atoms with van der Waals surface area (Å²) < 4.78 is 1.00. The van der Waals surface area contributed by atoms with E-state index in [0.29, 0.717) is 17.7 Å². The molecule has 0 spiro atoms. The predicted molar refractivity (Wildman–Crippen MR) is 85.6 cm³/mol. The van der Waals surface area contributed by atoms with Gasteiger partial charge in [-0.25, -0.2) is 0 Å². The molecule has 21 heavy (non-hydrogen) atoms. The minimum atomic E-state index is -0.470. The Morgan fingerprint density at radius 3 is 2.76 bits per heavy atom. The van der Waals surface area contributed by atoms with Crippen LogP contribution in [0.2, 0.25) is 0 Å². The number of rotatable bonds is 4. The van der Waals surface area contributed by atoms with Gasteiger partial charge in [0.2, 0.25) is 0 Å². The highest BCUT2D eigenvalue weighted by atomic mass is 79.9. The van der Waals surface area contributed by atoms with Gasteiger partial charge in [0.1, 0.15) is 0 Å². The number of nitrogens with zero attached hydrogens (tertiary/aromatic N) is 2. The molecular weight excluding hydrogens is 356 g/mol. The molecule has 5 nitrogen and oxygen atoms in total. The number of thiophene rings is 1. The summed E-state index contributed by atoms with van der Waals surface area (Å²) in [5, 5.41) is 12.9. The van der Waals surface area contributed by atoms with Crippen molar-refractivity contribution in [2.45, 2.75) is 13.5 Å². The number of nitro groups is 1. The van der Waals surface area contributed by atoms with Crippen LogP contribution in [0.1, 0.15) is 21.5 Å². The molecule has 0 bridgehead atoms. The fourth-order valence-electron chi connectivity index (χ4n) is 2.03. The monoisotopic (exact) mass is 368 g/mol. The number of hydrogen-bond donors (Lipinski definition) is 0. The van der Waals surface area contributed by atoms with Gasteiger partial charge in [-0.3, -0.25) is 14.9 Å². The van der Waals surface area contributed by atoms with E-state index in [-0.39, 0.29) is 11.6 Å². The molecule has 1 amide bonds. The van der Waals surface area contributed by atoms with Gasteiger partial charge >= 0.3 is 0 Å². The molecule has 0 saturated carbocycles. The second kappa shape index (κ2) is 6.36. The maximum atomic E-state index is 12.4. The topological polar surface area (TPSA) is 63.5 Å². The first-order valence-electron chi connectivity index (χ1n) is 6.12. The molecule has 110 valence electrons. The zero-order valence-corrected chi connectivity index (χ0v) is 13.9. The third kappa shape index (κ3) is 3.48. The maximum Gasteiger partial charge on any atom is 0.273 e. The summed E-state index contributed by atoms with van der Waals surface area (Å²) in [5.74, 6) is -0.224. The first-order valence-corrected chi connectivity index (χ1v) is 7.79. The quantitative estimate of drug-likeness (QED) is 0.605. The van der Waals surface area contributed by atoms with Gasteiger partial charge in [-0.15, -0.1) is 11.3 Å². The van der Waals surface area contributed by atoms with Gasteiger partial charge in [0.25, 0.3) is 11.6 Å². The average molecular weight is 369 g/mol. The lowest BCUT2D eigenvalue weighted by molar-refractivity contribution is -0.385. The smallest absolute Gasteiger partial charge is 0.273 e. The van der Waals surface area contributed by atoms with Gasteiger partial charge in [0, 0.05) is 30.8 Å². The number of amides is 1. The fourth-order valence-corrected chi connectivity index (χ4v) is 3.23. The largest absolute Gasteiger partial charge is 0.337 e. The van der Waals surface area contributed by atoms with Crippen LogP contribution in [0.25, 0.3) is 0 Å². The second-order valence-electron chi connectivity index (χ2n) is 4.63. The van der Waals surface area contributed by atoms with Crippen molar-refractivity contribution in [2.24, 2.45) is 0 Å². The zero-order chi connectivity index (χ0) is 15.6. The molecule has 7 heteroatoms. The number of nitro benzene ring substituents is 1. The second-order valence-corrected chi connectivity index (χ2v) is 6.92. The van der Waals surface area contributed by atoms with Crippen LogP contribution >= 0.6 is 27.3 Å². The van der Waals surface area contributed by atoms with E-state index >= 15 is 0 Å². The Bertz CT molecular complexity index is 699. The van der Waals surface area contributed by atoms with Crippen molar-refractivity contribution in [3.8, 4) is 0 Å². The molecule has 0 aliphatic heterocycles. The van der Waals surface area contributed by atoms with Gasteiger partial charge < -0.3 is 4.90 Å². The Balaban J connectivity index is 2.23. The molecule has 0 N–H and O–H groups in total. The van der Waals surface area contributed by atoms with Crippen molar-refractivity contribution in [2.75, 3.05) is 7.05 Å². The molecule has 1 aromatic heterocycles. The van der Waals surface area contributed by atoms with Crippen LogP contribution < -0.4 is 0 Å². The fraction of sp³-hybridized carbons (Fsp3) is 0.214. The van der Waals surface area contributed by atoms with E-state index in [4.69, 9.17) is 0 Å². The maximum absolute atomic E-state index is 12.4. The van der Waals surface area contributed by atoms with Gasteiger partial charge in [0.15, 0.2) is 0 Å². The lowest BCUT2D eigenvalue weighted by Gasteiger charge is -2.17. The first kappa shape index (κ1) is 15.7. The summed E-state index contributed by atoms with van der Waals surface area (Å²) in [7, 11) is 1.69. The van der Waals surface area contributed by atoms with E-state index in [2.05, 4.69) is 15.9 Å². The van der Waals surface area contributed by atoms with E-state index in [1.807, 2.05) is 11.4 Å².